The number of hydrogen-bond donors (Lipinski definition) is 1. The van der Waals surface area contributed by atoms with Crippen molar-refractivity contribution < 1.29 is 9.53 Å². The number of rotatable bonds is 6. The molecule has 0 saturated carbocycles. The van der Waals surface area contributed by atoms with Crippen molar-refractivity contribution in [2.45, 2.75) is 32.8 Å². The molecule has 1 aromatic rings. The van der Waals surface area contributed by atoms with Crippen LogP contribution >= 0.6 is 0 Å². The minimum atomic E-state index is 0.120. The van der Waals surface area contributed by atoms with E-state index in [1.54, 1.807) is 6.07 Å². The quantitative estimate of drug-likeness (QED) is 0.750. The van der Waals surface area contributed by atoms with Crippen molar-refractivity contribution in [2.24, 2.45) is 5.73 Å². The normalized spacial score (nSPS) is 10.5. The highest BCUT2D eigenvalue weighted by Gasteiger charge is 2.06. The molecule has 0 aliphatic carbocycles. The lowest BCUT2D eigenvalue weighted by atomic mass is 10.1. The summed E-state index contributed by atoms with van der Waals surface area (Å²) in [5, 5.41) is 0. The lowest BCUT2D eigenvalue weighted by molar-refractivity contribution is 0.0980. The van der Waals surface area contributed by atoms with Crippen LogP contribution in [0.3, 0.4) is 0 Å². The fraction of sp³-hybridized carbons (Fsp3) is 0.462. The van der Waals surface area contributed by atoms with Crippen LogP contribution in [-0.4, -0.2) is 18.4 Å². The third kappa shape index (κ3) is 4.03. The summed E-state index contributed by atoms with van der Waals surface area (Å²) in [5.74, 6) is 0.869. The Morgan fingerprint density at radius 2 is 2.19 bits per heavy atom. The van der Waals surface area contributed by atoms with Crippen molar-refractivity contribution in [3.63, 3.8) is 0 Å². The number of benzene rings is 1. The molecule has 0 radical (unpaired) electrons. The van der Waals surface area contributed by atoms with Gasteiger partial charge in [0.1, 0.15) is 5.75 Å². The third-order valence-corrected chi connectivity index (χ3v) is 2.14. The SMILES string of the molecule is CC(C)Oc1cccc(C(=O)CCCN)c1. The Kier molecular flexibility index (Phi) is 4.99. The molecule has 0 amide bonds. The largest absolute Gasteiger partial charge is 0.491 e. The molecule has 0 bridgehead atoms. The molecule has 3 heteroatoms. The van der Waals surface area contributed by atoms with E-state index in [0.717, 1.165) is 12.2 Å². The van der Waals surface area contributed by atoms with Crippen molar-refractivity contribution in [1.29, 1.82) is 0 Å². The Hall–Kier alpha value is -1.35. The lowest BCUT2D eigenvalue weighted by Gasteiger charge is -2.10. The molecular weight excluding hydrogens is 202 g/mol. The summed E-state index contributed by atoms with van der Waals surface area (Å²) in [4.78, 5) is 11.7. The number of Topliss-reactive ketones (excluding diaryl/α,β-unsaturated/α-hetero) is 1. The van der Waals surface area contributed by atoms with Crippen LogP contribution in [0.5, 0.6) is 5.75 Å². The fourth-order valence-corrected chi connectivity index (χ4v) is 1.42. The minimum absolute atomic E-state index is 0.120. The van der Waals surface area contributed by atoms with Gasteiger partial charge < -0.3 is 10.5 Å². The first-order valence-corrected chi connectivity index (χ1v) is 5.63. The van der Waals surface area contributed by atoms with E-state index in [1.807, 2.05) is 32.0 Å². The van der Waals surface area contributed by atoms with Gasteiger partial charge in [0.2, 0.25) is 0 Å². The number of hydrogen-bond acceptors (Lipinski definition) is 3. The van der Waals surface area contributed by atoms with Crippen molar-refractivity contribution in [3.8, 4) is 5.75 Å². The van der Waals surface area contributed by atoms with Gasteiger partial charge >= 0.3 is 0 Å². The topological polar surface area (TPSA) is 52.3 Å². The molecule has 0 heterocycles. The smallest absolute Gasteiger partial charge is 0.163 e. The van der Waals surface area contributed by atoms with Crippen molar-refractivity contribution in [2.75, 3.05) is 6.54 Å². The van der Waals surface area contributed by atoms with Crippen LogP contribution < -0.4 is 10.5 Å². The van der Waals surface area contributed by atoms with Crippen LogP contribution in [0.2, 0.25) is 0 Å². The molecule has 1 rings (SSSR count). The molecule has 0 spiro atoms. The molecule has 0 atom stereocenters. The molecular formula is C13H19NO2. The highest BCUT2D eigenvalue weighted by Crippen LogP contribution is 2.16. The highest BCUT2D eigenvalue weighted by atomic mass is 16.5. The molecule has 0 aliphatic heterocycles. The average Bonchev–Trinajstić information content (AvgIpc) is 2.25. The number of nitrogens with two attached hydrogens (primary N) is 1. The Morgan fingerprint density at radius 1 is 1.44 bits per heavy atom. The summed E-state index contributed by atoms with van der Waals surface area (Å²) in [6.45, 7) is 4.47. The molecule has 16 heavy (non-hydrogen) atoms. The average molecular weight is 221 g/mol. The van der Waals surface area contributed by atoms with Crippen LogP contribution in [-0.2, 0) is 0 Å². The van der Waals surface area contributed by atoms with Crippen LogP contribution in [0.25, 0.3) is 0 Å². The third-order valence-electron chi connectivity index (χ3n) is 2.14. The van der Waals surface area contributed by atoms with Gasteiger partial charge in [0.05, 0.1) is 6.10 Å². The summed E-state index contributed by atoms with van der Waals surface area (Å²) in [5.41, 5.74) is 6.07. The molecule has 0 aliphatic rings. The predicted octanol–water partition coefficient (Wildman–Crippen LogP) is 2.40. The van der Waals surface area contributed by atoms with Gasteiger partial charge in [-0.25, -0.2) is 0 Å². The maximum Gasteiger partial charge on any atom is 0.163 e. The van der Waals surface area contributed by atoms with Crippen LogP contribution in [0, 0.1) is 0 Å². The van der Waals surface area contributed by atoms with Crippen LogP contribution in [0.15, 0.2) is 24.3 Å². The van der Waals surface area contributed by atoms with Crippen LogP contribution in [0.4, 0.5) is 0 Å². The first-order chi connectivity index (χ1) is 7.63. The molecule has 88 valence electrons. The zero-order valence-electron chi connectivity index (χ0n) is 9.90. The van der Waals surface area contributed by atoms with Gasteiger partial charge in [-0.2, -0.15) is 0 Å². The van der Waals surface area contributed by atoms with Gasteiger partial charge in [-0.3, -0.25) is 4.79 Å². The standard InChI is InChI=1S/C13H19NO2/c1-10(2)16-12-6-3-5-11(9-12)13(15)7-4-8-14/h3,5-6,9-10H,4,7-8,14H2,1-2H3. The van der Waals surface area contributed by atoms with Gasteiger partial charge in [-0.15, -0.1) is 0 Å². The minimum Gasteiger partial charge on any atom is -0.491 e. The maximum absolute atomic E-state index is 11.7. The van der Waals surface area contributed by atoms with E-state index in [-0.39, 0.29) is 11.9 Å². The maximum atomic E-state index is 11.7. The zero-order valence-corrected chi connectivity index (χ0v) is 9.90. The Morgan fingerprint density at radius 3 is 2.81 bits per heavy atom. The van der Waals surface area contributed by atoms with E-state index in [4.69, 9.17) is 10.5 Å². The monoisotopic (exact) mass is 221 g/mol. The Bertz CT molecular complexity index is 348. The number of carbonyl (C=O) groups excluding carboxylic acids is 1. The summed E-state index contributed by atoms with van der Waals surface area (Å²) in [6, 6.07) is 7.30. The first-order valence-electron chi connectivity index (χ1n) is 5.63. The first kappa shape index (κ1) is 12.7. The van der Waals surface area contributed by atoms with E-state index in [0.29, 0.717) is 18.5 Å². The van der Waals surface area contributed by atoms with Crippen molar-refractivity contribution in [1.82, 2.24) is 0 Å². The zero-order chi connectivity index (χ0) is 12.0. The summed E-state index contributed by atoms with van der Waals surface area (Å²) >= 11 is 0. The van der Waals surface area contributed by atoms with Crippen molar-refractivity contribution >= 4 is 5.78 Å². The van der Waals surface area contributed by atoms with Gasteiger partial charge in [0.15, 0.2) is 5.78 Å². The second-order valence-electron chi connectivity index (χ2n) is 4.01. The Balaban J connectivity index is 2.69. The van der Waals surface area contributed by atoms with E-state index in [2.05, 4.69) is 0 Å². The second-order valence-corrected chi connectivity index (χ2v) is 4.01. The molecule has 0 aromatic heterocycles. The van der Waals surface area contributed by atoms with Gasteiger partial charge in [0, 0.05) is 12.0 Å². The molecule has 1 aromatic carbocycles. The molecule has 3 nitrogen and oxygen atoms in total. The van der Waals surface area contributed by atoms with Crippen LogP contribution in [0.1, 0.15) is 37.0 Å². The van der Waals surface area contributed by atoms with E-state index < -0.39 is 0 Å². The lowest BCUT2D eigenvalue weighted by Crippen LogP contribution is -2.07. The van der Waals surface area contributed by atoms with E-state index in [9.17, 15) is 4.79 Å². The summed E-state index contributed by atoms with van der Waals surface area (Å²) in [6.07, 6.45) is 1.35. The van der Waals surface area contributed by atoms with E-state index in [1.165, 1.54) is 0 Å². The van der Waals surface area contributed by atoms with Gasteiger partial charge in [-0.05, 0) is 38.9 Å². The van der Waals surface area contributed by atoms with Crippen molar-refractivity contribution in [3.05, 3.63) is 29.8 Å². The number of ether oxygens (including phenoxy) is 1. The fourth-order valence-electron chi connectivity index (χ4n) is 1.42. The van der Waals surface area contributed by atoms with Gasteiger partial charge in [-0.1, -0.05) is 12.1 Å². The molecule has 0 unspecified atom stereocenters. The second kappa shape index (κ2) is 6.28. The highest BCUT2D eigenvalue weighted by molar-refractivity contribution is 5.96. The molecule has 0 fully saturated rings. The van der Waals surface area contributed by atoms with Gasteiger partial charge in [0.25, 0.3) is 0 Å². The molecule has 2 N–H and O–H groups in total. The molecule has 0 saturated heterocycles. The summed E-state index contributed by atoms with van der Waals surface area (Å²) < 4.78 is 5.53. The predicted molar refractivity (Wildman–Crippen MR) is 64.8 cm³/mol. The number of carbonyl (C=O) groups is 1. The number of ketones is 1. The van der Waals surface area contributed by atoms with E-state index >= 15 is 0 Å². The Labute approximate surface area is 96.6 Å². The summed E-state index contributed by atoms with van der Waals surface area (Å²) in [7, 11) is 0.